The molecule has 4 rings (SSSR count). The maximum Gasteiger partial charge on any atom is 0.137 e. The lowest BCUT2D eigenvalue weighted by Crippen LogP contribution is -2.32. The Labute approximate surface area is 135 Å². The summed E-state index contributed by atoms with van der Waals surface area (Å²) in [5.74, 6) is 0. The average molecular weight is 308 g/mol. The molecule has 1 fully saturated rings. The summed E-state index contributed by atoms with van der Waals surface area (Å²) in [6, 6.07) is 9.27. The van der Waals surface area contributed by atoms with Crippen molar-refractivity contribution in [1.29, 1.82) is 0 Å². The standard InChI is InChI=1S/C17H20N6/c1-2-17(11-23-14-19-12-20-23)21(8-1)10-15-3-5-16(6-4-15)22-9-7-18-13-22/h3-7,9,12-14,17H,1-2,8,10-11H2. The molecule has 2 aromatic heterocycles. The first-order valence-electron chi connectivity index (χ1n) is 8.02. The van der Waals surface area contributed by atoms with Crippen LogP contribution in [0.4, 0.5) is 0 Å². The molecule has 1 saturated heterocycles. The fourth-order valence-electron chi connectivity index (χ4n) is 3.27. The quantitative estimate of drug-likeness (QED) is 0.724. The van der Waals surface area contributed by atoms with E-state index >= 15 is 0 Å². The van der Waals surface area contributed by atoms with Crippen LogP contribution in [0.3, 0.4) is 0 Å². The molecule has 0 radical (unpaired) electrons. The maximum atomic E-state index is 4.23. The van der Waals surface area contributed by atoms with Crippen LogP contribution in [-0.4, -0.2) is 41.8 Å². The van der Waals surface area contributed by atoms with E-state index in [2.05, 4.69) is 44.2 Å². The number of rotatable bonds is 5. The molecule has 0 saturated carbocycles. The van der Waals surface area contributed by atoms with Crippen LogP contribution in [0, 0.1) is 0 Å². The van der Waals surface area contributed by atoms with E-state index in [1.54, 1.807) is 18.9 Å². The largest absolute Gasteiger partial charge is 0.306 e. The highest BCUT2D eigenvalue weighted by Crippen LogP contribution is 2.21. The van der Waals surface area contributed by atoms with Gasteiger partial charge in [0, 0.05) is 30.7 Å². The molecule has 3 aromatic rings. The minimum atomic E-state index is 0.546. The summed E-state index contributed by atoms with van der Waals surface area (Å²) in [6.07, 6.45) is 11.5. The Morgan fingerprint density at radius 3 is 2.74 bits per heavy atom. The Morgan fingerprint density at radius 1 is 1.09 bits per heavy atom. The van der Waals surface area contributed by atoms with Crippen molar-refractivity contribution < 1.29 is 0 Å². The van der Waals surface area contributed by atoms with Gasteiger partial charge in [-0.3, -0.25) is 9.58 Å². The van der Waals surface area contributed by atoms with Gasteiger partial charge < -0.3 is 4.57 Å². The predicted octanol–water partition coefficient (Wildman–Crippen LogP) is 2.13. The van der Waals surface area contributed by atoms with Gasteiger partial charge >= 0.3 is 0 Å². The van der Waals surface area contributed by atoms with Crippen molar-refractivity contribution in [2.24, 2.45) is 0 Å². The van der Waals surface area contributed by atoms with E-state index in [4.69, 9.17) is 0 Å². The second-order valence-electron chi connectivity index (χ2n) is 6.02. The summed E-state index contributed by atoms with van der Waals surface area (Å²) in [4.78, 5) is 10.7. The van der Waals surface area contributed by atoms with Crippen molar-refractivity contribution >= 4 is 0 Å². The van der Waals surface area contributed by atoms with Gasteiger partial charge in [-0.05, 0) is 37.1 Å². The molecule has 1 aliphatic heterocycles. The Hall–Kier alpha value is -2.47. The zero-order chi connectivity index (χ0) is 15.5. The second-order valence-corrected chi connectivity index (χ2v) is 6.02. The molecule has 0 spiro atoms. The first-order chi connectivity index (χ1) is 11.4. The third kappa shape index (κ3) is 3.17. The lowest BCUT2D eigenvalue weighted by molar-refractivity contribution is 0.219. The van der Waals surface area contributed by atoms with Crippen LogP contribution in [-0.2, 0) is 13.1 Å². The molecule has 0 aliphatic carbocycles. The molecule has 3 heterocycles. The maximum absolute atomic E-state index is 4.23. The van der Waals surface area contributed by atoms with Gasteiger partial charge in [-0.1, -0.05) is 12.1 Å². The summed E-state index contributed by atoms with van der Waals surface area (Å²) in [5, 5.41) is 4.23. The van der Waals surface area contributed by atoms with Gasteiger partial charge in [0.1, 0.15) is 12.7 Å². The van der Waals surface area contributed by atoms with Crippen molar-refractivity contribution in [3.8, 4) is 5.69 Å². The molecule has 118 valence electrons. The van der Waals surface area contributed by atoms with Crippen LogP contribution >= 0.6 is 0 Å². The summed E-state index contributed by atoms with van der Waals surface area (Å²) >= 11 is 0. The number of imidazole rings is 1. The Kier molecular flexibility index (Phi) is 3.90. The van der Waals surface area contributed by atoms with Crippen molar-refractivity contribution in [2.75, 3.05) is 6.54 Å². The van der Waals surface area contributed by atoms with Crippen LogP contribution in [0.2, 0.25) is 0 Å². The minimum absolute atomic E-state index is 0.546. The Bertz CT molecular complexity index is 717. The smallest absolute Gasteiger partial charge is 0.137 e. The van der Waals surface area contributed by atoms with Gasteiger partial charge in [0.2, 0.25) is 0 Å². The van der Waals surface area contributed by atoms with E-state index in [1.165, 1.54) is 18.4 Å². The molecule has 1 aromatic carbocycles. The van der Waals surface area contributed by atoms with Crippen molar-refractivity contribution in [3.63, 3.8) is 0 Å². The minimum Gasteiger partial charge on any atom is -0.306 e. The lowest BCUT2D eigenvalue weighted by Gasteiger charge is -2.24. The zero-order valence-electron chi connectivity index (χ0n) is 13.0. The first kappa shape index (κ1) is 14.1. The summed E-state index contributed by atoms with van der Waals surface area (Å²) < 4.78 is 3.96. The Balaban J connectivity index is 1.42. The lowest BCUT2D eigenvalue weighted by atomic mass is 10.1. The number of nitrogens with zero attached hydrogens (tertiary/aromatic N) is 6. The van der Waals surface area contributed by atoms with E-state index < -0.39 is 0 Å². The molecule has 1 aliphatic rings. The molecular formula is C17H20N6. The number of likely N-dealkylation sites (tertiary alicyclic amines) is 1. The normalized spacial score (nSPS) is 18.5. The topological polar surface area (TPSA) is 51.8 Å². The highest BCUT2D eigenvalue weighted by atomic mass is 15.3. The van der Waals surface area contributed by atoms with E-state index in [0.29, 0.717) is 6.04 Å². The van der Waals surface area contributed by atoms with Gasteiger partial charge in [-0.15, -0.1) is 0 Å². The van der Waals surface area contributed by atoms with Crippen molar-refractivity contribution in [2.45, 2.75) is 32.0 Å². The summed E-state index contributed by atoms with van der Waals surface area (Å²) in [6.45, 7) is 3.07. The molecule has 0 amide bonds. The zero-order valence-corrected chi connectivity index (χ0v) is 13.0. The van der Waals surface area contributed by atoms with E-state index in [1.807, 2.05) is 21.8 Å². The molecule has 0 bridgehead atoms. The van der Waals surface area contributed by atoms with Gasteiger partial charge in [-0.2, -0.15) is 5.10 Å². The molecular weight excluding hydrogens is 288 g/mol. The first-order valence-corrected chi connectivity index (χ1v) is 8.02. The van der Waals surface area contributed by atoms with Crippen LogP contribution in [0.1, 0.15) is 18.4 Å². The summed E-state index contributed by atoms with van der Waals surface area (Å²) in [7, 11) is 0. The van der Waals surface area contributed by atoms with Crippen molar-refractivity contribution in [1.82, 2.24) is 29.2 Å². The Morgan fingerprint density at radius 2 is 2.00 bits per heavy atom. The molecule has 6 nitrogen and oxygen atoms in total. The van der Waals surface area contributed by atoms with Crippen LogP contribution in [0.15, 0.2) is 55.6 Å². The van der Waals surface area contributed by atoms with Gasteiger partial charge in [0.25, 0.3) is 0 Å². The third-order valence-corrected chi connectivity index (χ3v) is 4.49. The van der Waals surface area contributed by atoms with Crippen molar-refractivity contribution in [3.05, 3.63) is 61.2 Å². The highest BCUT2D eigenvalue weighted by molar-refractivity contribution is 5.34. The number of benzene rings is 1. The number of hydrogen-bond acceptors (Lipinski definition) is 4. The number of aromatic nitrogens is 5. The second kappa shape index (κ2) is 6.34. The fraction of sp³-hybridized carbons (Fsp3) is 0.353. The predicted molar refractivity (Wildman–Crippen MR) is 87.0 cm³/mol. The van der Waals surface area contributed by atoms with Gasteiger partial charge in [-0.25, -0.2) is 9.97 Å². The van der Waals surface area contributed by atoms with Gasteiger partial charge in [0.15, 0.2) is 0 Å². The number of hydrogen-bond donors (Lipinski definition) is 0. The van der Waals surface area contributed by atoms with Crippen LogP contribution in [0.25, 0.3) is 5.69 Å². The van der Waals surface area contributed by atoms with E-state index in [9.17, 15) is 0 Å². The average Bonchev–Trinajstić information content (AvgIpc) is 3.32. The molecule has 6 heteroatoms. The molecule has 0 N–H and O–H groups in total. The van der Waals surface area contributed by atoms with E-state index in [-0.39, 0.29) is 0 Å². The molecule has 23 heavy (non-hydrogen) atoms. The van der Waals surface area contributed by atoms with Crippen LogP contribution < -0.4 is 0 Å². The fourth-order valence-corrected chi connectivity index (χ4v) is 3.27. The molecule has 1 atom stereocenters. The van der Waals surface area contributed by atoms with Crippen LogP contribution in [0.5, 0.6) is 0 Å². The third-order valence-electron chi connectivity index (χ3n) is 4.49. The summed E-state index contributed by atoms with van der Waals surface area (Å²) in [5.41, 5.74) is 2.49. The monoisotopic (exact) mass is 308 g/mol. The highest BCUT2D eigenvalue weighted by Gasteiger charge is 2.24. The van der Waals surface area contributed by atoms with Gasteiger partial charge in [0.05, 0.1) is 12.9 Å². The SMILES string of the molecule is c1cn(-c2ccc(CN3CCCC3Cn3cncn3)cc2)cn1. The molecule has 1 unspecified atom stereocenters. The van der Waals surface area contributed by atoms with E-state index in [0.717, 1.165) is 25.3 Å².